The fourth-order valence-corrected chi connectivity index (χ4v) is 4.05. The van der Waals surface area contributed by atoms with Gasteiger partial charge in [-0.25, -0.2) is 0 Å². The van der Waals surface area contributed by atoms with Crippen LogP contribution in [0.2, 0.25) is 0 Å². The molecule has 2 aromatic carbocycles. The summed E-state index contributed by atoms with van der Waals surface area (Å²) in [4.78, 5) is 38.4. The summed E-state index contributed by atoms with van der Waals surface area (Å²) in [7, 11) is 2.91. The molecule has 144 valence electrons. The molecule has 0 unspecified atom stereocenters. The Balaban J connectivity index is 1.89. The molecule has 6 nitrogen and oxygen atoms in total. The molecule has 2 aromatic rings. The largest absolute Gasteiger partial charge is 0.496 e. The Morgan fingerprint density at radius 2 is 1.61 bits per heavy atom. The molecular formula is C22H20O6. The van der Waals surface area contributed by atoms with E-state index in [0.717, 1.165) is 0 Å². The highest BCUT2D eigenvalue weighted by atomic mass is 16.5. The van der Waals surface area contributed by atoms with E-state index in [0.29, 0.717) is 17.7 Å². The first kappa shape index (κ1) is 18.4. The maximum absolute atomic E-state index is 13.3. The Labute approximate surface area is 162 Å². The van der Waals surface area contributed by atoms with Crippen LogP contribution in [0.1, 0.15) is 63.3 Å². The zero-order chi connectivity index (χ0) is 20.0. The summed E-state index contributed by atoms with van der Waals surface area (Å²) in [5, 5.41) is 0. The van der Waals surface area contributed by atoms with E-state index in [1.54, 1.807) is 30.3 Å². The summed E-state index contributed by atoms with van der Waals surface area (Å²) in [5.74, 6) is 0.148. The Morgan fingerprint density at radius 3 is 2.29 bits per heavy atom. The van der Waals surface area contributed by atoms with Crippen molar-refractivity contribution in [3.8, 4) is 11.5 Å². The van der Waals surface area contributed by atoms with E-state index in [2.05, 4.69) is 0 Å². The van der Waals surface area contributed by atoms with Crippen LogP contribution in [0.4, 0.5) is 0 Å². The van der Waals surface area contributed by atoms with E-state index in [4.69, 9.17) is 14.2 Å². The number of hydrogen-bond acceptors (Lipinski definition) is 6. The number of methoxy groups -OCH3 is 2. The van der Waals surface area contributed by atoms with Gasteiger partial charge in [0.05, 0.1) is 37.6 Å². The minimum atomic E-state index is -0.508. The van der Waals surface area contributed by atoms with Gasteiger partial charge in [0.2, 0.25) is 0 Å². The molecule has 0 saturated carbocycles. The number of carbonyl (C=O) groups excluding carboxylic acids is 3. The van der Waals surface area contributed by atoms with Crippen LogP contribution < -0.4 is 9.47 Å². The molecule has 1 aliphatic carbocycles. The molecule has 0 amide bonds. The number of hydrogen-bond donors (Lipinski definition) is 0. The summed E-state index contributed by atoms with van der Waals surface area (Å²) < 4.78 is 16.8. The van der Waals surface area contributed by atoms with Gasteiger partial charge in [0.15, 0.2) is 11.6 Å². The highest BCUT2D eigenvalue weighted by molar-refractivity contribution is 6.30. The molecule has 6 heteroatoms. The van der Waals surface area contributed by atoms with Gasteiger partial charge in [-0.15, -0.1) is 0 Å². The standard InChI is InChI=1S/C22H20O6/c1-11-9-12(23)10-17(28-11)13-7-8-15-19(22(13)27-3)21(25)14-5-4-6-16(26-2)18(14)20(15)24/h4-8,11,17H,9-10H2,1-3H3/t11-,17-/m1/s1. The van der Waals surface area contributed by atoms with Crippen molar-refractivity contribution in [3.63, 3.8) is 0 Å². The van der Waals surface area contributed by atoms with Crippen LogP contribution in [-0.4, -0.2) is 37.7 Å². The molecule has 0 spiro atoms. The second-order valence-corrected chi connectivity index (χ2v) is 7.03. The lowest BCUT2D eigenvalue weighted by molar-refractivity contribution is -0.134. The van der Waals surface area contributed by atoms with Crippen LogP contribution in [0.5, 0.6) is 11.5 Å². The normalized spacial score (nSPS) is 21.2. The van der Waals surface area contributed by atoms with Crippen LogP contribution in [0, 0.1) is 0 Å². The second-order valence-electron chi connectivity index (χ2n) is 7.03. The minimum absolute atomic E-state index is 0.0982. The van der Waals surface area contributed by atoms with Crippen molar-refractivity contribution in [2.24, 2.45) is 0 Å². The first-order valence-corrected chi connectivity index (χ1v) is 9.10. The zero-order valence-corrected chi connectivity index (χ0v) is 15.9. The van der Waals surface area contributed by atoms with Gasteiger partial charge in [0, 0.05) is 29.5 Å². The van der Waals surface area contributed by atoms with Gasteiger partial charge in [-0.1, -0.05) is 18.2 Å². The third kappa shape index (κ3) is 2.72. The summed E-state index contributed by atoms with van der Waals surface area (Å²) in [6.07, 6.45) is -0.138. The molecule has 0 radical (unpaired) electrons. The van der Waals surface area contributed by atoms with Gasteiger partial charge in [-0.05, 0) is 19.1 Å². The van der Waals surface area contributed by atoms with Gasteiger partial charge >= 0.3 is 0 Å². The smallest absolute Gasteiger partial charge is 0.198 e. The van der Waals surface area contributed by atoms with Crippen molar-refractivity contribution in [1.29, 1.82) is 0 Å². The molecule has 28 heavy (non-hydrogen) atoms. The second kappa shape index (κ2) is 6.87. The summed E-state index contributed by atoms with van der Waals surface area (Å²) in [6.45, 7) is 1.84. The van der Waals surface area contributed by atoms with Crippen LogP contribution in [0.25, 0.3) is 0 Å². The highest BCUT2D eigenvalue weighted by Gasteiger charge is 2.37. The number of benzene rings is 2. The van der Waals surface area contributed by atoms with E-state index in [-0.39, 0.29) is 57.9 Å². The zero-order valence-electron chi connectivity index (χ0n) is 15.9. The number of ether oxygens (including phenoxy) is 3. The van der Waals surface area contributed by atoms with E-state index in [1.807, 2.05) is 6.92 Å². The fraction of sp³-hybridized carbons (Fsp3) is 0.318. The first-order valence-electron chi connectivity index (χ1n) is 9.10. The van der Waals surface area contributed by atoms with Gasteiger partial charge in [0.25, 0.3) is 0 Å². The average Bonchev–Trinajstić information content (AvgIpc) is 2.69. The molecule has 0 aromatic heterocycles. The van der Waals surface area contributed by atoms with Crippen molar-refractivity contribution in [2.75, 3.05) is 14.2 Å². The van der Waals surface area contributed by atoms with E-state index < -0.39 is 6.10 Å². The maximum Gasteiger partial charge on any atom is 0.198 e. The lowest BCUT2D eigenvalue weighted by Gasteiger charge is -2.30. The van der Waals surface area contributed by atoms with Gasteiger partial charge < -0.3 is 14.2 Å². The quantitative estimate of drug-likeness (QED) is 0.694. The molecule has 0 N–H and O–H groups in total. The Bertz CT molecular complexity index is 1010. The molecule has 1 saturated heterocycles. The number of ketones is 3. The predicted molar refractivity (Wildman–Crippen MR) is 100 cm³/mol. The van der Waals surface area contributed by atoms with Crippen molar-refractivity contribution in [2.45, 2.75) is 32.0 Å². The predicted octanol–water partition coefficient (Wildman–Crippen LogP) is 3.29. The molecule has 1 fully saturated rings. The Hall–Kier alpha value is -2.99. The topological polar surface area (TPSA) is 78.9 Å². The molecule has 2 aliphatic rings. The molecule has 1 heterocycles. The monoisotopic (exact) mass is 380 g/mol. The third-order valence-electron chi connectivity index (χ3n) is 5.25. The summed E-state index contributed by atoms with van der Waals surface area (Å²) in [6, 6.07) is 8.25. The third-order valence-corrected chi connectivity index (χ3v) is 5.25. The highest BCUT2D eigenvalue weighted by Crippen LogP contribution is 2.42. The van der Waals surface area contributed by atoms with Crippen molar-refractivity contribution in [1.82, 2.24) is 0 Å². The molecule has 0 bridgehead atoms. The Kier molecular flexibility index (Phi) is 4.51. The lowest BCUT2D eigenvalue weighted by Crippen LogP contribution is -2.28. The van der Waals surface area contributed by atoms with E-state index in [9.17, 15) is 14.4 Å². The van der Waals surface area contributed by atoms with Gasteiger partial charge in [-0.2, -0.15) is 0 Å². The minimum Gasteiger partial charge on any atom is -0.496 e. The number of fused-ring (bicyclic) bond motifs is 2. The van der Waals surface area contributed by atoms with Crippen molar-refractivity contribution in [3.05, 3.63) is 58.1 Å². The molecular weight excluding hydrogens is 360 g/mol. The molecule has 2 atom stereocenters. The first-order chi connectivity index (χ1) is 13.5. The summed E-state index contributed by atoms with van der Waals surface area (Å²) >= 11 is 0. The Morgan fingerprint density at radius 1 is 0.893 bits per heavy atom. The number of rotatable bonds is 3. The van der Waals surface area contributed by atoms with E-state index >= 15 is 0 Å². The van der Waals surface area contributed by atoms with Gasteiger partial charge in [-0.3, -0.25) is 14.4 Å². The van der Waals surface area contributed by atoms with Crippen LogP contribution in [0.15, 0.2) is 30.3 Å². The average molecular weight is 380 g/mol. The van der Waals surface area contributed by atoms with Crippen molar-refractivity contribution >= 4 is 17.3 Å². The summed E-state index contributed by atoms with van der Waals surface area (Å²) in [5.41, 5.74) is 1.61. The van der Waals surface area contributed by atoms with Crippen LogP contribution in [-0.2, 0) is 9.53 Å². The lowest BCUT2D eigenvalue weighted by atomic mass is 9.81. The fourth-order valence-electron chi connectivity index (χ4n) is 4.05. The SMILES string of the molecule is COc1cccc2c1C(=O)c1ccc([C@H]3CC(=O)C[C@@H](C)O3)c(OC)c1C2=O. The van der Waals surface area contributed by atoms with Crippen molar-refractivity contribution < 1.29 is 28.6 Å². The number of carbonyl (C=O) groups is 3. The van der Waals surface area contributed by atoms with Gasteiger partial charge in [0.1, 0.15) is 17.3 Å². The van der Waals surface area contributed by atoms with E-state index in [1.165, 1.54) is 14.2 Å². The molecule has 4 rings (SSSR count). The maximum atomic E-state index is 13.3. The van der Waals surface area contributed by atoms with Crippen LogP contribution >= 0.6 is 0 Å². The number of Topliss-reactive ketones (excluding diaryl/α,β-unsaturated/α-hetero) is 1. The van der Waals surface area contributed by atoms with Crippen LogP contribution in [0.3, 0.4) is 0 Å². The molecule has 1 aliphatic heterocycles.